The van der Waals surface area contributed by atoms with Crippen LogP contribution in [-0.2, 0) is 14.3 Å². The van der Waals surface area contributed by atoms with Gasteiger partial charge in [0, 0.05) is 5.92 Å². The summed E-state index contributed by atoms with van der Waals surface area (Å²) in [7, 11) is 1.31. The maximum atomic E-state index is 11.5. The average molecular weight is 199 g/mol. The highest BCUT2D eigenvalue weighted by Crippen LogP contribution is 2.33. The fourth-order valence-corrected chi connectivity index (χ4v) is 2.20. The minimum atomic E-state index is -1.08. The predicted octanol–water partition coefficient (Wildman–Crippen LogP) is 0.636. The van der Waals surface area contributed by atoms with Gasteiger partial charge in [-0.05, 0) is 19.8 Å². The highest BCUT2D eigenvalue weighted by atomic mass is 16.5. The van der Waals surface area contributed by atoms with Crippen LogP contribution >= 0.6 is 0 Å². The molecule has 0 spiro atoms. The summed E-state index contributed by atoms with van der Waals surface area (Å²) in [6.07, 6.45) is 3.08. The van der Waals surface area contributed by atoms with Gasteiger partial charge in [-0.1, -0.05) is 12.8 Å². The molecule has 2 atom stereocenters. The molecule has 1 aliphatic carbocycles. The molecule has 2 unspecified atom stereocenters. The van der Waals surface area contributed by atoms with Gasteiger partial charge in [0.05, 0.1) is 7.11 Å². The van der Waals surface area contributed by atoms with Crippen molar-refractivity contribution in [3.8, 4) is 0 Å². The maximum absolute atomic E-state index is 11.5. The number of methoxy groups -OCH3 is 1. The molecule has 1 saturated carbocycles. The molecule has 14 heavy (non-hydrogen) atoms. The molecule has 0 saturated heterocycles. The quantitative estimate of drug-likeness (QED) is 0.662. The number of ketones is 1. The molecule has 0 aromatic rings. The zero-order valence-corrected chi connectivity index (χ0v) is 8.71. The normalized spacial score (nSPS) is 32.4. The molecule has 0 radical (unpaired) electrons. The van der Waals surface area contributed by atoms with Crippen LogP contribution < -0.4 is 5.73 Å². The van der Waals surface area contributed by atoms with Crippen molar-refractivity contribution in [2.75, 3.05) is 7.11 Å². The lowest BCUT2D eigenvalue weighted by molar-refractivity contribution is -0.153. The SMILES string of the molecule is COC(=O)C1(N)CCCCC1C(C)=O. The molecule has 0 aliphatic heterocycles. The predicted molar refractivity (Wildman–Crippen MR) is 51.6 cm³/mol. The highest BCUT2D eigenvalue weighted by molar-refractivity contribution is 5.90. The van der Waals surface area contributed by atoms with Gasteiger partial charge in [-0.25, -0.2) is 0 Å². The highest BCUT2D eigenvalue weighted by Gasteiger charge is 2.46. The van der Waals surface area contributed by atoms with E-state index >= 15 is 0 Å². The molecule has 0 aromatic carbocycles. The molecule has 2 N–H and O–H groups in total. The molecule has 0 amide bonds. The number of Topliss-reactive ketones (excluding diaryl/α,β-unsaturated/α-hetero) is 1. The third kappa shape index (κ3) is 1.80. The van der Waals surface area contributed by atoms with Gasteiger partial charge >= 0.3 is 5.97 Å². The van der Waals surface area contributed by atoms with Crippen LogP contribution in [0.1, 0.15) is 32.6 Å². The monoisotopic (exact) mass is 199 g/mol. The lowest BCUT2D eigenvalue weighted by Gasteiger charge is -2.37. The van der Waals surface area contributed by atoms with Crippen molar-refractivity contribution in [1.82, 2.24) is 0 Å². The molecule has 1 rings (SSSR count). The first-order valence-electron chi connectivity index (χ1n) is 4.90. The molecule has 0 aromatic heterocycles. The van der Waals surface area contributed by atoms with E-state index in [-0.39, 0.29) is 11.7 Å². The van der Waals surface area contributed by atoms with Crippen molar-refractivity contribution in [3.05, 3.63) is 0 Å². The first kappa shape index (κ1) is 11.2. The lowest BCUT2D eigenvalue weighted by Crippen LogP contribution is -2.58. The Morgan fingerprint density at radius 2 is 2.07 bits per heavy atom. The van der Waals surface area contributed by atoms with Crippen LogP contribution in [0.2, 0.25) is 0 Å². The Morgan fingerprint density at radius 1 is 1.43 bits per heavy atom. The molecule has 0 bridgehead atoms. The third-order valence-corrected chi connectivity index (χ3v) is 3.01. The summed E-state index contributed by atoms with van der Waals surface area (Å²) in [6, 6.07) is 0. The zero-order valence-electron chi connectivity index (χ0n) is 8.71. The van der Waals surface area contributed by atoms with Crippen molar-refractivity contribution in [2.24, 2.45) is 11.7 Å². The summed E-state index contributed by atoms with van der Waals surface area (Å²) in [5.74, 6) is -0.848. The fraction of sp³-hybridized carbons (Fsp3) is 0.800. The van der Waals surface area contributed by atoms with Crippen LogP contribution in [0, 0.1) is 5.92 Å². The van der Waals surface area contributed by atoms with Gasteiger partial charge in [-0.2, -0.15) is 0 Å². The average Bonchev–Trinajstić information content (AvgIpc) is 2.16. The second-order valence-corrected chi connectivity index (χ2v) is 3.94. The third-order valence-electron chi connectivity index (χ3n) is 3.01. The van der Waals surface area contributed by atoms with Gasteiger partial charge in [-0.15, -0.1) is 0 Å². The Kier molecular flexibility index (Phi) is 3.26. The molecular weight excluding hydrogens is 182 g/mol. The largest absolute Gasteiger partial charge is 0.468 e. The van der Waals surface area contributed by atoms with Gasteiger partial charge in [0.25, 0.3) is 0 Å². The topological polar surface area (TPSA) is 69.4 Å². The van der Waals surface area contributed by atoms with E-state index in [4.69, 9.17) is 5.73 Å². The summed E-state index contributed by atoms with van der Waals surface area (Å²) >= 11 is 0. The van der Waals surface area contributed by atoms with Crippen LogP contribution in [0.15, 0.2) is 0 Å². The summed E-state index contributed by atoms with van der Waals surface area (Å²) in [5, 5.41) is 0. The van der Waals surface area contributed by atoms with E-state index < -0.39 is 11.5 Å². The van der Waals surface area contributed by atoms with Crippen LogP contribution in [-0.4, -0.2) is 24.4 Å². The molecule has 1 fully saturated rings. The molecule has 1 aliphatic rings. The summed E-state index contributed by atoms with van der Waals surface area (Å²) in [4.78, 5) is 22.9. The van der Waals surface area contributed by atoms with Crippen molar-refractivity contribution >= 4 is 11.8 Å². The Bertz CT molecular complexity index is 252. The van der Waals surface area contributed by atoms with E-state index in [2.05, 4.69) is 4.74 Å². The molecule has 80 valence electrons. The van der Waals surface area contributed by atoms with Crippen LogP contribution in [0.5, 0.6) is 0 Å². The summed E-state index contributed by atoms with van der Waals surface area (Å²) in [6.45, 7) is 1.49. The number of ether oxygens (including phenoxy) is 1. The van der Waals surface area contributed by atoms with Crippen molar-refractivity contribution in [2.45, 2.75) is 38.1 Å². The Labute approximate surface area is 83.8 Å². The Balaban J connectivity index is 2.90. The lowest BCUT2D eigenvalue weighted by atomic mass is 9.71. The minimum Gasteiger partial charge on any atom is -0.468 e. The smallest absolute Gasteiger partial charge is 0.326 e. The van der Waals surface area contributed by atoms with E-state index in [0.717, 1.165) is 12.8 Å². The minimum absolute atomic E-state index is 0.0161. The molecule has 4 nitrogen and oxygen atoms in total. The molecule has 4 heteroatoms. The second-order valence-electron chi connectivity index (χ2n) is 3.94. The molecular formula is C10H17NO3. The Hall–Kier alpha value is -0.900. The van der Waals surface area contributed by atoms with Gasteiger partial charge in [0.15, 0.2) is 0 Å². The van der Waals surface area contributed by atoms with Crippen molar-refractivity contribution < 1.29 is 14.3 Å². The van der Waals surface area contributed by atoms with E-state index in [1.54, 1.807) is 0 Å². The van der Waals surface area contributed by atoms with Gasteiger partial charge in [0.1, 0.15) is 11.3 Å². The summed E-state index contributed by atoms with van der Waals surface area (Å²) in [5.41, 5.74) is 4.88. The van der Waals surface area contributed by atoms with Gasteiger partial charge in [0.2, 0.25) is 0 Å². The Morgan fingerprint density at radius 3 is 2.57 bits per heavy atom. The van der Waals surface area contributed by atoms with Crippen molar-refractivity contribution in [3.63, 3.8) is 0 Å². The van der Waals surface area contributed by atoms with Crippen molar-refractivity contribution in [1.29, 1.82) is 0 Å². The van der Waals surface area contributed by atoms with Gasteiger partial charge < -0.3 is 10.5 Å². The van der Waals surface area contributed by atoms with E-state index in [0.29, 0.717) is 12.8 Å². The standard InChI is InChI=1S/C10H17NO3/c1-7(12)8-5-3-4-6-10(8,11)9(13)14-2/h8H,3-6,11H2,1-2H3. The second kappa shape index (κ2) is 4.09. The van der Waals surface area contributed by atoms with Gasteiger partial charge in [-0.3, -0.25) is 9.59 Å². The number of rotatable bonds is 2. The number of hydrogen-bond acceptors (Lipinski definition) is 4. The first-order valence-corrected chi connectivity index (χ1v) is 4.90. The number of carbonyl (C=O) groups is 2. The number of hydrogen-bond donors (Lipinski definition) is 1. The first-order chi connectivity index (χ1) is 6.52. The number of carbonyl (C=O) groups excluding carboxylic acids is 2. The van der Waals surface area contributed by atoms with E-state index in [9.17, 15) is 9.59 Å². The zero-order chi connectivity index (χ0) is 10.8. The number of nitrogens with two attached hydrogens (primary N) is 1. The van der Waals surface area contributed by atoms with E-state index in [1.165, 1.54) is 14.0 Å². The van der Waals surface area contributed by atoms with Crippen LogP contribution in [0.4, 0.5) is 0 Å². The van der Waals surface area contributed by atoms with Crippen LogP contribution in [0.3, 0.4) is 0 Å². The fourth-order valence-electron chi connectivity index (χ4n) is 2.20. The summed E-state index contributed by atoms with van der Waals surface area (Å²) < 4.78 is 4.66. The number of esters is 1. The molecule has 0 heterocycles. The van der Waals surface area contributed by atoms with E-state index in [1.807, 2.05) is 0 Å². The maximum Gasteiger partial charge on any atom is 0.326 e. The van der Waals surface area contributed by atoms with Crippen LogP contribution in [0.25, 0.3) is 0 Å².